The van der Waals surface area contributed by atoms with Gasteiger partial charge in [0.25, 0.3) is 11.8 Å². The molecule has 0 N–H and O–H groups in total. The first-order chi connectivity index (χ1) is 9.56. The van der Waals surface area contributed by atoms with Crippen LogP contribution in [-0.2, 0) is 9.59 Å². The van der Waals surface area contributed by atoms with Crippen molar-refractivity contribution in [3.63, 3.8) is 0 Å². The molecule has 1 atom stereocenters. The van der Waals surface area contributed by atoms with Crippen LogP contribution in [0.2, 0.25) is 0 Å². The number of nitrogens with zero attached hydrogens (tertiary/aromatic N) is 4. The summed E-state index contributed by atoms with van der Waals surface area (Å²) >= 11 is 0. The molecular weight excluding hydrogens is 260 g/mol. The Balaban J connectivity index is 2.26. The van der Waals surface area contributed by atoms with Gasteiger partial charge in [-0.1, -0.05) is 6.92 Å². The first kappa shape index (κ1) is 14.1. The number of imide groups is 1. The maximum Gasteiger partial charge on any atom is 0.274 e. The lowest BCUT2D eigenvalue weighted by Crippen LogP contribution is -2.45. The molecule has 0 saturated carbocycles. The molecule has 1 aromatic rings. The zero-order valence-electron chi connectivity index (χ0n) is 11.4. The molecule has 1 aliphatic heterocycles. The maximum absolute atomic E-state index is 12.4. The van der Waals surface area contributed by atoms with Crippen molar-refractivity contribution in [2.75, 3.05) is 13.6 Å². The Morgan fingerprint density at radius 1 is 1.45 bits per heavy atom. The highest BCUT2D eigenvalue weighted by atomic mass is 16.2. The summed E-state index contributed by atoms with van der Waals surface area (Å²) in [6.45, 7) is 2.30. The molecule has 1 unspecified atom stereocenters. The summed E-state index contributed by atoms with van der Waals surface area (Å²) in [5.41, 5.74) is 0.177. The first-order valence-corrected chi connectivity index (χ1v) is 6.43. The third-order valence-electron chi connectivity index (χ3n) is 3.24. The summed E-state index contributed by atoms with van der Waals surface area (Å²) < 4.78 is 0. The van der Waals surface area contributed by atoms with Gasteiger partial charge >= 0.3 is 0 Å². The van der Waals surface area contributed by atoms with Gasteiger partial charge in [0.15, 0.2) is 0 Å². The van der Waals surface area contributed by atoms with E-state index in [1.54, 1.807) is 0 Å². The lowest BCUT2D eigenvalue weighted by Gasteiger charge is -2.26. The molecule has 0 radical (unpaired) electrons. The molecule has 1 fully saturated rings. The fourth-order valence-corrected chi connectivity index (χ4v) is 2.18. The number of hydrogen-bond acceptors (Lipinski definition) is 5. The molecule has 7 nitrogen and oxygen atoms in total. The highest BCUT2D eigenvalue weighted by molar-refractivity contribution is 6.07. The van der Waals surface area contributed by atoms with Crippen LogP contribution in [0.1, 0.15) is 30.3 Å². The molecule has 106 valence electrons. The summed E-state index contributed by atoms with van der Waals surface area (Å²) in [7, 11) is 1.43. The zero-order valence-corrected chi connectivity index (χ0v) is 11.4. The van der Waals surface area contributed by atoms with Crippen molar-refractivity contribution < 1.29 is 14.4 Å². The molecule has 2 heterocycles. The second-order valence-corrected chi connectivity index (χ2v) is 4.60. The van der Waals surface area contributed by atoms with Gasteiger partial charge in [-0.3, -0.25) is 24.3 Å². The van der Waals surface area contributed by atoms with Crippen molar-refractivity contribution in [3.05, 3.63) is 24.3 Å². The average molecular weight is 276 g/mol. The Morgan fingerprint density at radius 2 is 2.20 bits per heavy atom. The van der Waals surface area contributed by atoms with Gasteiger partial charge in [-0.25, -0.2) is 4.98 Å². The van der Waals surface area contributed by atoms with Crippen molar-refractivity contribution in [2.24, 2.45) is 0 Å². The Labute approximate surface area is 116 Å². The average Bonchev–Trinajstić information content (AvgIpc) is 2.72. The van der Waals surface area contributed by atoms with E-state index in [2.05, 4.69) is 9.97 Å². The number of carbonyl (C=O) groups is 3. The van der Waals surface area contributed by atoms with Gasteiger partial charge in [0, 0.05) is 26.0 Å². The summed E-state index contributed by atoms with van der Waals surface area (Å²) in [5.74, 6) is -0.991. The van der Waals surface area contributed by atoms with Crippen LogP contribution in [0, 0.1) is 0 Å². The number of hydrogen-bond donors (Lipinski definition) is 0. The standard InChI is InChI=1S/C13H16N4O3/c1-3-6-17(10-7-11(18)16(2)13(10)20)12(19)9-8-14-4-5-15-9/h4-5,8,10H,3,6-7H2,1-2H3. The molecule has 7 heteroatoms. The molecule has 0 bridgehead atoms. The van der Waals surface area contributed by atoms with Crippen LogP contribution in [0.15, 0.2) is 18.6 Å². The smallest absolute Gasteiger partial charge is 0.274 e. The second kappa shape index (κ2) is 5.77. The molecule has 1 aliphatic rings. The highest BCUT2D eigenvalue weighted by Crippen LogP contribution is 2.19. The quantitative estimate of drug-likeness (QED) is 0.727. The van der Waals surface area contributed by atoms with E-state index >= 15 is 0 Å². The summed E-state index contributed by atoms with van der Waals surface area (Å²) in [6.07, 6.45) is 4.97. The van der Waals surface area contributed by atoms with Crippen LogP contribution in [0.3, 0.4) is 0 Å². The van der Waals surface area contributed by atoms with Crippen molar-refractivity contribution >= 4 is 17.7 Å². The van der Waals surface area contributed by atoms with Gasteiger partial charge in [-0.2, -0.15) is 0 Å². The van der Waals surface area contributed by atoms with Crippen molar-refractivity contribution in [2.45, 2.75) is 25.8 Å². The lowest BCUT2D eigenvalue weighted by molar-refractivity contribution is -0.137. The second-order valence-electron chi connectivity index (χ2n) is 4.60. The number of rotatable bonds is 4. The van der Waals surface area contributed by atoms with E-state index in [0.717, 1.165) is 4.90 Å². The summed E-state index contributed by atoms with van der Waals surface area (Å²) in [5, 5.41) is 0. The van der Waals surface area contributed by atoms with Gasteiger partial charge in [0.1, 0.15) is 11.7 Å². The maximum atomic E-state index is 12.4. The zero-order chi connectivity index (χ0) is 14.7. The van der Waals surface area contributed by atoms with E-state index in [0.29, 0.717) is 13.0 Å². The molecule has 0 aromatic carbocycles. The fraction of sp³-hybridized carbons (Fsp3) is 0.462. The number of likely N-dealkylation sites (N-methyl/N-ethyl adjacent to an activating group) is 1. The topological polar surface area (TPSA) is 83.5 Å². The molecule has 0 aliphatic carbocycles. The van der Waals surface area contributed by atoms with Crippen LogP contribution in [0.4, 0.5) is 0 Å². The van der Waals surface area contributed by atoms with Crippen molar-refractivity contribution in [3.8, 4) is 0 Å². The lowest BCUT2D eigenvalue weighted by atomic mass is 10.2. The van der Waals surface area contributed by atoms with E-state index in [4.69, 9.17) is 0 Å². The van der Waals surface area contributed by atoms with Gasteiger partial charge in [-0.15, -0.1) is 0 Å². The van der Waals surface area contributed by atoms with Gasteiger partial charge in [-0.05, 0) is 6.42 Å². The van der Waals surface area contributed by atoms with Gasteiger partial charge in [0.05, 0.1) is 12.6 Å². The Hall–Kier alpha value is -2.31. The van der Waals surface area contributed by atoms with Gasteiger partial charge < -0.3 is 4.90 Å². The minimum absolute atomic E-state index is 0.0291. The Bertz CT molecular complexity index is 532. The molecule has 3 amide bonds. The predicted octanol–water partition coefficient (Wildman–Crippen LogP) is 0.0861. The van der Waals surface area contributed by atoms with E-state index in [9.17, 15) is 14.4 Å². The highest BCUT2D eigenvalue weighted by Gasteiger charge is 2.41. The van der Waals surface area contributed by atoms with Crippen LogP contribution < -0.4 is 0 Å². The van der Waals surface area contributed by atoms with Crippen molar-refractivity contribution in [1.82, 2.24) is 19.8 Å². The monoisotopic (exact) mass is 276 g/mol. The van der Waals surface area contributed by atoms with Gasteiger partial charge in [0.2, 0.25) is 5.91 Å². The van der Waals surface area contributed by atoms with Crippen LogP contribution in [-0.4, -0.2) is 57.1 Å². The Kier molecular flexibility index (Phi) is 4.07. The van der Waals surface area contributed by atoms with E-state index in [-0.39, 0.29) is 29.8 Å². The largest absolute Gasteiger partial charge is 0.325 e. The molecule has 0 spiro atoms. The Morgan fingerprint density at radius 3 is 2.70 bits per heavy atom. The number of aromatic nitrogens is 2. The van der Waals surface area contributed by atoms with Crippen LogP contribution in [0.25, 0.3) is 0 Å². The molecule has 1 aromatic heterocycles. The van der Waals surface area contributed by atoms with Crippen LogP contribution in [0.5, 0.6) is 0 Å². The van der Waals surface area contributed by atoms with Crippen molar-refractivity contribution in [1.29, 1.82) is 0 Å². The number of carbonyl (C=O) groups excluding carboxylic acids is 3. The normalized spacial score (nSPS) is 18.5. The summed E-state index contributed by atoms with van der Waals surface area (Å²) in [4.78, 5) is 46.3. The minimum Gasteiger partial charge on any atom is -0.325 e. The minimum atomic E-state index is -0.734. The third-order valence-corrected chi connectivity index (χ3v) is 3.24. The third kappa shape index (κ3) is 2.52. The van der Waals surface area contributed by atoms with E-state index in [1.807, 2.05) is 6.92 Å². The fourth-order valence-electron chi connectivity index (χ4n) is 2.18. The molecule has 20 heavy (non-hydrogen) atoms. The predicted molar refractivity (Wildman–Crippen MR) is 69.5 cm³/mol. The molecule has 2 rings (SSSR count). The van der Waals surface area contributed by atoms with Crippen LogP contribution >= 0.6 is 0 Å². The molecule has 1 saturated heterocycles. The first-order valence-electron chi connectivity index (χ1n) is 6.43. The molecular formula is C13H16N4O3. The number of amides is 3. The van der Waals surface area contributed by atoms with E-state index < -0.39 is 6.04 Å². The number of likely N-dealkylation sites (tertiary alicyclic amines) is 1. The SMILES string of the molecule is CCCN(C(=O)c1cnccn1)C1CC(=O)N(C)C1=O. The van der Waals surface area contributed by atoms with E-state index in [1.165, 1.54) is 30.5 Å². The summed E-state index contributed by atoms with van der Waals surface area (Å²) in [6, 6.07) is -0.734.